The van der Waals surface area contributed by atoms with Crippen molar-refractivity contribution < 1.29 is 14.3 Å². The number of nitrogens with two attached hydrogens (primary N) is 1. The summed E-state index contributed by atoms with van der Waals surface area (Å²) in [7, 11) is 0. The summed E-state index contributed by atoms with van der Waals surface area (Å²) in [6.45, 7) is 8.38. The molecule has 9 heteroatoms. The van der Waals surface area contributed by atoms with Crippen molar-refractivity contribution >= 4 is 17.7 Å². The topological polar surface area (TPSA) is 129 Å². The molecule has 2 aromatic heterocycles. The predicted octanol–water partition coefficient (Wildman–Crippen LogP) is 1.65. The summed E-state index contributed by atoms with van der Waals surface area (Å²) in [6, 6.07) is 7.52. The van der Waals surface area contributed by atoms with E-state index in [-0.39, 0.29) is 18.4 Å². The Labute approximate surface area is 189 Å². The van der Waals surface area contributed by atoms with Crippen LogP contribution in [0.3, 0.4) is 0 Å². The lowest BCUT2D eigenvalue weighted by Gasteiger charge is -2.32. The Bertz CT molecular complexity index is 931. The first-order valence-electron chi connectivity index (χ1n) is 11.1. The van der Waals surface area contributed by atoms with E-state index in [0.717, 1.165) is 43.1 Å². The zero-order valence-electron chi connectivity index (χ0n) is 19.1. The van der Waals surface area contributed by atoms with Crippen molar-refractivity contribution in [3.05, 3.63) is 47.5 Å². The normalized spacial score (nSPS) is 17.1. The van der Waals surface area contributed by atoms with E-state index in [9.17, 15) is 9.90 Å². The number of carbonyl (C=O) groups is 1. The minimum absolute atomic E-state index is 0.0632. The van der Waals surface area contributed by atoms with E-state index in [1.54, 1.807) is 19.2 Å². The number of amides is 1. The molecule has 0 aliphatic carbocycles. The number of anilines is 1. The molecule has 1 atom stereocenters. The zero-order chi connectivity index (χ0) is 23.1. The second-order valence-corrected chi connectivity index (χ2v) is 8.38. The number of aromatic nitrogens is 1. The van der Waals surface area contributed by atoms with Gasteiger partial charge in [-0.15, -0.1) is 0 Å². The van der Waals surface area contributed by atoms with Crippen LogP contribution in [-0.2, 0) is 16.9 Å². The summed E-state index contributed by atoms with van der Waals surface area (Å²) in [4.78, 5) is 22.9. The summed E-state index contributed by atoms with van der Waals surface area (Å²) in [5, 5.41) is 17.2. The number of nitrogens with zero attached hydrogens (tertiary/aromatic N) is 3. The van der Waals surface area contributed by atoms with Gasteiger partial charge in [0, 0.05) is 37.3 Å². The number of aliphatic hydroxyl groups is 1. The Kier molecular flexibility index (Phi) is 7.74. The molecule has 3 rings (SSSR count). The number of hydrogen-bond acceptors (Lipinski definition) is 6. The van der Waals surface area contributed by atoms with Gasteiger partial charge in [0.05, 0.1) is 13.1 Å². The third-order valence-corrected chi connectivity index (χ3v) is 5.69. The Morgan fingerprint density at radius 1 is 1.34 bits per heavy atom. The number of nitrogens with one attached hydrogen (secondary N) is 2. The monoisotopic (exact) mass is 442 g/mol. The fraction of sp³-hybridized carbons (Fsp3) is 0.522. The molecule has 0 radical (unpaired) electrons. The number of rotatable bonds is 8. The zero-order valence-corrected chi connectivity index (χ0v) is 19.1. The average Bonchev–Trinajstić information content (AvgIpc) is 3.23. The van der Waals surface area contributed by atoms with Crippen LogP contribution < -0.4 is 21.3 Å². The van der Waals surface area contributed by atoms with Gasteiger partial charge < -0.3 is 30.8 Å². The van der Waals surface area contributed by atoms with Crippen molar-refractivity contribution in [2.75, 3.05) is 31.1 Å². The molecule has 0 spiro atoms. The average molecular weight is 443 g/mol. The first-order chi connectivity index (χ1) is 15.3. The summed E-state index contributed by atoms with van der Waals surface area (Å²) >= 11 is 0. The minimum Gasteiger partial charge on any atom is -0.463 e. The third-order valence-electron chi connectivity index (χ3n) is 5.69. The van der Waals surface area contributed by atoms with Gasteiger partial charge in [0.15, 0.2) is 5.96 Å². The fourth-order valence-electron chi connectivity index (χ4n) is 3.79. The van der Waals surface area contributed by atoms with Crippen molar-refractivity contribution in [2.45, 2.75) is 45.8 Å². The van der Waals surface area contributed by atoms with Gasteiger partial charge in [-0.3, -0.25) is 4.79 Å². The Balaban J connectivity index is 1.67. The maximum atomic E-state index is 11.5. The number of aliphatic imine (C=N–C) groups is 1. The van der Waals surface area contributed by atoms with Gasteiger partial charge >= 0.3 is 0 Å². The van der Waals surface area contributed by atoms with Crippen LogP contribution in [0.4, 0.5) is 5.82 Å². The highest BCUT2D eigenvalue weighted by Gasteiger charge is 2.27. The van der Waals surface area contributed by atoms with Crippen molar-refractivity contribution in [2.24, 2.45) is 16.6 Å². The molecule has 0 aromatic carbocycles. The van der Waals surface area contributed by atoms with Gasteiger partial charge in [0.25, 0.3) is 0 Å². The molecule has 1 saturated heterocycles. The molecule has 32 heavy (non-hydrogen) atoms. The number of guanidine groups is 1. The minimum atomic E-state index is -1.17. The molecule has 1 unspecified atom stereocenters. The maximum absolute atomic E-state index is 11.5. The van der Waals surface area contributed by atoms with Crippen LogP contribution in [0.2, 0.25) is 0 Å². The summed E-state index contributed by atoms with van der Waals surface area (Å²) < 4.78 is 5.58. The fourth-order valence-corrected chi connectivity index (χ4v) is 3.79. The first-order valence-corrected chi connectivity index (χ1v) is 11.1. The van der Waals surface area contributed by atoms with Crippen LogP contribution in [0.5, 0.6) is 0 Å². The molecule has 9 nitrogen and oxygen atoms in total. The molecule has 1 aliphatic rings. The number of carbonyl (C=O) groups excluding carboxylic acids is 1. The largest absolute Gasteiger partial charge is 0.463 e. The van der Waals surface area contributed by atoms with Crippen LogP contribution in [-0.4, -0.2) is 48.1 Å². The van der Waals surface area contributed by atoms with Gasteiger partial charge in [-0.25, -0.2) is 9.98 Å². The molecule has 5 N–H and O–H groups in total. The van der Waals surface area contributed by atoms with Crippen molar-refractivity contribution in [3.63, 3.8) is 0 Å². The van der Waals surface area contributed by atoms with E-state index >= 15 is 0 Å². The van der Waals surface area contributed by atoms with Gasteiger partial charge in [-0.05, 0) is 51.8 Å². The maximum Gasteiger partial charge on any atom is 0.220 e. The van der Waals surface area contributed by atoms with Gasteiger partial charge in [0.2, 0.25) is 5.91 Å². The van der Waals surface area contributed by atoms with E-state index in [0.29, 0.717) is 24.8 Å². The summed E-state index contributed by atoms with van der Waals surface area (Å²) in [5.41, 5.74) is 5.28. The Hall–Kier alpha value is -3.07. The van der Waals surface area contributed by atoms with Crippen LogP contribution in [0.1, 0.15) is 43.8 Å². The van der Waals surface area contributed by atoms with Gasteiger partial charge in [-0.1, -0.05) is 6.07 Å². The SMILES string of the molecule is CCNC(=NCc1cccnc1N1CCC(C(N)=O)CC1)NCC(C)(O)c1ccc(C)o1. The standard InChI is InChI=1S/C23H34N6O3/c1-4-25-22(28-15-23(3,31)19-8-7-16(2)32-19)27-14-18-6-5-11-26-21(18)29-12-9-17(10-13-29)20(24)30/h5-8,11,17,31H,4,9-10,12-15H2,1-3H3,(H2,24,30)(H2,25,27,28). The highest BCUT2D eigenvalue weighted by Crippen LogP contribution is 2.25. The lowest BCUT2D eigenvalue weighted by atomic mass is 9.96. The number of furan rings is 1. The van der Waals surface area contributed by atoms with Crippen molar-refractivity contribution in [1.82, 2.24) is 15.6 Å². The molecule has 1 amide bonds. The third kappa shape index (κ3) is 6.00. The number of pyridine rings is 1. The van der Waals surface area contributed by atoms with Crippen LogP contribution in [0, 0.1) is 12.8 Å². The molecular weight excluding hydrogens is 408 g/mol. The Morgan fingerprint density at radius 2 is 2.09 bits per heavy atom. The molecular formula is C23H34N6O3. The van der Waals surface area contributed by atoms with E-state index < -0.39 is 5.60 Å². The molecule has 1 aliphatic heterocycles. The van der Waals surface area contributed by atoms with Crippen LogP contribution in [0.15, 0.2) is 39.9 Å². The van der Waals surface area contributed by atoms with Gasteiger partial charge in [0.1, 0.15) is 22.9 Å². The lowest BCUT2D eigenvalue weighted by Crippen LogP contribution is -2.44. The number of primary amides is 1. The molecule has 1 fully saturated rings. The van der Waals surface area contributed by atoms with Crippen molar-refractivity contribution in [3.8, 4) is 0 Å². The van der Waals surface area contributed by atoms with E-state index in [1.165, 1.54) is 0 Å². The molecule has 174 valence electrons. The number of piperidine rings is 1. The molecule has 0 bridgehead atoms. The quantitative estimate of drug-likeness (QED) is 0.361. The summed E-state index contributed by atoms with van der Waals surface area (Å²) in [5.74, 6) is 2.45. The van der Waals surface area contributed by atoms with Gasteiger partial charge in [-0.2, -0.15) is 0 Å². The second-order valence-electron chi connectivity index (χ2n) is 8.38. The number of hydrogen-bond donors (Lipinski definition) is 4. The van der Waals surface area contributed by atoms with E-state index in [1.807, 2.05) is 32.0 Å². The summed E-state index contributed by atoms with van der Waals surface area (Å²) in [6.07, 6.45) is 3.25. The van der Waals surface area contributed by atoms with E-state index in [2.05, 4.69) is 20.5 Å². The predicted molar refractivity (Wildman–Crippen MR) is 124 cm³/mol. The van der Waals surface area contributed by atoms with E-state index in [4.69, 9.17) is 15.1 Å². The second kappa shape index (κ2) is 10.5. The highest BCUT2D eigenvalue weighted by atomic mass is 16.4. The molecule has 0 saturated carbocycles. The van der Waals surface area contributed by atoms with Crippen molar-refractivity contribution in [1.29, 1.82) is 0 Å². The molecule has 3 heterocycles. The van der Waals surface area contributed by atoms with Crippen LogP contribution in [0.25, 0.3) is 0 Å². The highest BCUT2D eigenvalue weighted by molar-refractivity contribution is 5.80. The molecule has 2 aromatic rings. The van der Waals surface area contributed by atoms with Crippen LogP contribution >= 0.6 is 0 Å². The number of aryl methyl sites for hydroxylation is 1. The first kappa shape index (κ1) is 23.6. The Morgan fingerprint density at radius 3 is 2.72 bits per heavy atom. The smallest absolute Gasteiger partial charge is 0.220 e. The lowest BCUT2D eigenvalue weighted by molar-refractivity contribution is -0.122.